The van der Waals surface area contributed by atoms with Crippen LogP contribution in [-0.2, 0) is 9.59 Å². The van der Waals surface area contributed by atoms with E-state index in [4.69, 9.17) is 9.47 Å². The van der Waals surface area contributed by atoms with E-state index in [1.54, 1.807) is 19.2 Å². The molecular weight excluding hydrogens is 504 g/mol. The number of anilines is 1. The van der Waals surface area contributed by atoms with E-state index in [0.717, 1.165) is 43.1 Å². The van der Waals surface area contributed by atoms with Crippen molar-refractivity contribution in [3.05, 3.63) is 48.2 Å². The highest BCUT2D eigenvalue weighted by molar-refractivity contribution is 5.78. The number of carbonyl (C=O) groups excluding carboxylic acids is 2. The predicted octanol–water partition coefficient (Wildman–Crippen LogP) is 5.09. The lowest BCUT2D eigenvalue weighted by molar-refractivity contribution is -0.130. The molecule has 2 aliphatic heterocycles. The Kier molecular flexibility index (Phi) is 8.05. The molecule has 0 bridgehead atoms. The lowest BCUT2D eigenvalue weighted by atomic mass is 9.97. The number of benzene rings is 1. The fourth-order valence-electron chi connectivity index (χ4n) is 5.53. The topological polar surface area (TPSA) is 72.0 Å². The summed E-state index contributed by atoms with van der Waals surface area (Å²) in [6.45, 7) is 6.64. The molecule has 2 saturated heterocycles. The summed E-state index contributed by atoms with van der Waals surface area (Å²) in [6, 6.07) is 11.6. The van der Waals surface area contributed by atoms with E-state index in [-0.39, 0.29) is 36.7 Å². The molecule has 0 radical (unpaired) electrons. The highest BCUT2D eigenvalue weighted by Crippen LogP contribution is 2.48. The fraction of sp³-hybridized carbons (Fsp3) is 0.567. The average Bonchev–Trinajstić information content (AvgIpc) is 3.26. The van der Waals surface area contributed by atoms with Crippen LogP contribution >= 0.6 is 0 Å². The number of ether oxygens (including phenoxy) is 2. The summed E-state index contributed by atoms with van der Waals surface area (Å²) in [6.07, 6.45) is 4.30. The van der Waals surface area contributed by atoms with Crippen LogP contribution in [0.5, 0.6) is 11.5 Å². The second kappa shape index (κ2) is 11.5. The molecule has 39 heavy (non-hydrogen) atoms. The summed E-state index contributed by atoms with van der Waals surface area (Å²) in [5, 5.41) is 0. The van der Waals surface area contributed by atoms with Crippen molar-refractivity contribution in [3.63, 3.8) is 0 Å². The number of likely N-dealkylation sites (tertiary alicyclic amines) is 1. The summed E-state index contributed by atoms with van der Waals surface area (Å²) in [7, 11) is 0. The zero-order chi connectivity index (χ0) is 27.6. The van der Waals surface area contributed by atoms with Crippen molar-refractivity contribution < 1.29 is 27.8 Å². The van der Waals surface area contributed by atoms with E-state index < -0.39 is 11.8 Å². The van der Waals surface area contributed by atoms with Crippen LogP contribution in [-0.4, -0.2) is 66.4 Å². The summed E-state index contributed by atoms with van der Waals surface area (Å²) in [5.74, 6) is -0.424. The number of nitrogens with zero attached hydrogens (tertiary/aromatic N) is 3. The maximum Gasteiger partial charge on any atom is 0.255 e. The normalized spacial score (nSPS) is 24.5. The van der Waals surface area contributed by atoms with Gasteiger partial charge < -0.3 is 24.1 Å². The van der Waals surface area contributed by atoms with Crippen molar-refractivity contribution in [1.82, 2.24) is 9.88 Å². The van der Waals surface area contributed by atoms with Gasteiger partial charge in [-0.3, -0.25) is 4.79 Å². The van der Waals surface area contributed by atoms with Crippen molar-refractivity contribution in [2.75, 3.05) is 37.7 Å². The highest BCUT2D eigenvalue weighted by atomic mass is 19.3. The van der Waals surface area contributed by atoms with E-state index in [0.29, 0.717) is 37.6 Å². The Hall–Kier alpha value is -3.23. The molecule has 210 valence electrons. The molecule has 7 nitrogen and oxygen atoms in total. The molecule has 3 aliphatic rings. The molecule has 3 fully saturated rings. The number of Topliss-reactive ketones (excluding diaryl/α,β-unsaturated/α-hetero) is 1. The second-order valence-electron chi connectivity index (χ2n) is 11.4. The summed E-state index contributed by atoms with van der Waals surface area (Å²) >= 11 is 0. The van der Waals surface area contributed by atoms with Gasteiger partial charge in [0.15, 0.2) is 0 Å². The van der Waals surface area contributed by atoms with Gasteiger partial charge in [0, 0.05) is 45.3 Å². The van der Waals surface area contributed by atoms with Gasteiger partial charge in [0.1, 0.15) is 29.2 Å². The molecule has 4 atom stereocenters. The van der Waals surface area contributed by atoms with Crippen molar-refractivity contribution in [2.24, 2.45) is 11.8 Å². The lowest BCUT2D eigenvalue weighted by Gasteiger charge is -2.20. The van der Waals surface area contributed by atoms with Gasteiger partial charge in [0.25, 0.3) is 5.92 Å². The molecule has 3 heterocycles. The number of hydrogen-bond donors (Lipinski definition) is 0. The number of carbonyl (C=O) groups is 2. The molecule has 0 spiro atoms. The van der Waals surface area contributed by atoms with E-state index in [9.17, 15) is 18.4 Å². The van der Waals surface area contributed by atoms with Crippen LogP contribution in [0.4, 0.5) is 14.6 Å². The van der Waals surface area contributed by atoms with Gasteiger partial charge in [-0.25, -0.2) is 13.8 Å². The number of rotatable bonds is 11. The second-order valence-corrected chi connectivity index (χ2v) is 11.4. The van der Waals surface area contributed by atoms with E-state index in [1.807, 2.05) is 35.2 Å². The first-order valence-corrected chi connectivity index (χ1v) is 13.9. The summed E-state index contributed by atoms with van der Waals surface area (Å²) in [4.78, 5) is 32.7. The Morgan fingerprint density at radius 1 is 1.08 bits per heavy atom. The predicted molar refractivity (Wildman–Crippen MR) is 143 cm³/mol. The van der Waals surface area contributed by atoms with Crippen LogP contribution in [0.2, 0.25) is 0 Å². The molecule has 0 N–H and O–H groups in total. The number of pyridine rings is 1. The maximum atomic E-state index is 13.0. The largest absolute Gasteiger partial charge is 0.491 e. The van der Waals surface area contributed by atoms with Gasteiger partial charge in [-0.2, -0.15) is 0 Å². The van der Waals surface area contributed by atoms with Gasteiger partial charge in [0.2, 0.25) is 5.91 Å². The van der Waals surface area contributed by atoms with Gasteiger partial charge in [-0.1, -0.05) is 19.1 Å². The number of halogens is 2. The first-order chi connectivity index (χ1) is 18.7. The van der Waals surface area contributed by atoms with E-state index >= 15 is 0 Å². The van der Waals surface area contributed by atoms with Crippen molar-refractivity contribution in [1.29, 1.82) is 0 Å². The molecule has 1 saturated carbocycles. The number of alkyl halides is 2. The Morgan fingerprint density at radius 2 is 1.82 bits per heavy atom. The van der Waals surface area contributed by atoms with Gasteiger partial charge in [-0.15, -0.1) is 0 Å². The molecular formula is C30H37F2N3O4. The van der Waals surface area contributed by atoms with Gasteiger partial charge >= 0.3 is 0 Å². The minimum absolute atomic E-state index is 0.0165. The fourth-order valence-corrected chi connectivity index (χ4v) is 5.53. The standard InChI is InChI=1S/C30H37F2N3O4/c1-20(13-29(37)35-11-9-22(17-35)14-21(2)36)23-3-5-25(6-4-23)39-27-10-12-34(18-27)28-8-7-26(16-33-28)38-19-24-15-30(24,31)32/h3-8,16,20,22,24,27H,9-15,17-19H2,1-2H3/t20-,22?,24?,27?/m1/s1. The Labute approximate surface area is 228 Å². The molecule has 1 amide bonds. The van der Waals surface area contributed by atoms with E-state index in [2.05, 4.69) is 16.8 Å². The Balaban J connectivity index is 1.06. The number of hydrogen-bond acceptors (Lipinski definition) is 6. The molecule has 1 aliphatic carbocycles. The third kappa shape index (κ3) is 7.05. The molecule has 1 aromatic heterocycles. The number of aromatic nitrogens is 1. The minimum Gasteiger partial charge on any atom is -0.491 e. The van der Waals surface area contributed by atoms with Crippen LogP contribution in [0.1, 0.15) is 57.4 Å². The first-order valence-electron chi connectivity index (χ1n) is 13.9. The SMILES string of the molecule is CC(=O)CC1CCN(C(=O)C[C@@H](C)c2ccc(OC3CCN(c4ccc(OCC5CC5(F)F)cn4)C3)cc2)C1. The molecule has 9 heteroatoms. The minimum atomic E-state index is -2.58. The van der Waals surface area contributed by atoms with Crippen molar-refractivity contribution in [3.8, 4) is 11.5 Å². The van der Waals surface area contributed by atoms with Crippen LogP contribution in [0.3, 0.4) is 0 Å². The quantitative estimate of drug-likeness (QED) is 0.395. The van der Waals surface area contributed by atoms with Crippen molar-refractivity contribution in [2.45, 2.75) is 63.9 Å². The third-order valence-corrected chi connectivity index (χ3v) is 8.04. The summed E-state index contributed by atoms with van der Waals surface area (Å²) < 4.78 is 37.7. The highest BCUT2D eigenvalue weighted by Gasteiger charge is 2.57. The van der Waals surface area contributed by atoms with Gasteiger partial charge in [0.05, 0.1) is 25.3 Å². The van der Waals surface area contributed by atoms with Crippen LogP contribution in [0.15, 0.2) is 42.6 Å². The molecule has 2 aromatic rings. The molecule has 3 unspecified atom stereocenters. The lowest BCUT2D eigenvalue weighted by Crippen LogP contribution is -2.29. The van der Waals surface area contributed by atoms with Crippen molar-refractivity contribution >= 4 is 17.5 Å². The third-order valence-electron chi connectivity index (χ3n) is 8.04. The van der Waals surface area contributed by atoms with Gasteiger partial charge in [-0.05, 0) is 55.0 Å². The zero-order valence-electron chi connectivity index (χ0n) is 22.7. The maximum absolute atomic E-state index is 13.0. The van der Waals surface area contributed by atoms with E-state index in [1.165, 1.54) is 0 Å². The average molecular weight is 542 g/mol. The van der Waals surface area contributed by atoms with Crippen LogP contribution in [0, 0.1) is 11.8 Å². The Bertz CT molecular complexity index is 1160. The number of amides is 1. The first kappa shape index (κ1) is 27.3. The van der Waals surface area contributed by atoms with Crippen LogP contribution in [0.25, 0.3) is 0 Å². The monoisotopic (exact) mass is 541 g/mol. The zero-order valence-corrected chi connectivity index (χ0v) is 22.7. The smallest absolute Gasteiger partial charge is 0.255 e. The number of ketones is 1. The van der Waals surface area contributed by atoms with Crippen LogP contribution < -0.4 is 14.4 Å². The Morgan fingerprint density at radius 3 is 2.49 bits per heavy atom. The summed E-state index contributed by atoms with van der Waals surface area (Å²) in [5.41, 5.74) is 1.10. The molecule has 5 rings (SSSR count). The molecule has 1 aromatic carbocycles.